The van der Waals surface area contributed by atoms with E-state index in [9.17, 15) is 5.11 Å². The summed E-state index contributed by atoms with van der Waals surface area (Å²) in [5.74, 6) is 1.95. The standard InChI is InChI=1S/C28H29ClO2/c29-18-5-2-6-19-31-25-15-12-22(13-16-25)28-26(21-8-3-1-4-9-21)11-7-10-23-20-24(30)14-17-27(23)28/h1,3-4,8-9,12-17,20,30H,2,5-7,10-11,18-19H2. The minimum Gasteiger partial charge on any atom is -0.508 e. The fourth-order valence-corrected chi connectivity index (χ4v) is 4.50. The van der Waals surface area contributed by atoms with Gasteiger partial charge in [0.05, 0.1) is 6.61 Å². The van der Waals surface area contributed by atoms with Crippen LogP contribution in [0.4, 0.5) is 0 Å². The maximum absolute atomic E-state index is 10.1. The van der Waals surface area contributed by atoms with Crippen LogP contribution in [0.2, 0.25) is 0 Å². The van der Waals surface area contributed by atoms with E-state index in [1.54, 1.807) is 6.07 Å². The average Bonchev–Trinajstić information content (AvgIpc) is 2.99. The largest absolute Gasteiger partial charge is 0.508 e. The second-order valence-electron chi connectivity index (χ2n) is 8.04. The average molecular weight is 433 g/mol. The van der Waals surface area contributed by atoms with E-state index in [1.807, 2.05) is 6.07 Å². The summed E-state index contributed by atoms with van der Waals surface area (Å²) in [6.45, 7) is 0.719. The molecule has 0 atom stereocenters. The molecule has 0 saturated carbocycles. The van der Waals surface area contributed by atoms with Crippen molar-refractivity contribution in [2.75, 3.05) is 12.5 Å². The molecule has 0 heterocycles. The van der Waals surface area contributed by atoms with Gasteiger partial charge in [-0.2, -0.15) is 0 Å². The summed E-state index contributed by atoms with van der Waals surface area (Å²) < 4.78 is 5.92. The van der Waals surface area contributed by atoms with Crippen molar-refractivity contribution in [3.8, 4) is 11.5 Å². The molecule has 0 radical (unpaired) electrons. The summed E-state index contributed by atoms with van der Waals surface area (Å²) in [7, 11) is 0. The quantitative estimate of drug-likeness (QED) is 0.295. The monoisotopic (exact) mass is 432 g/mol. The Kier molecular flexibility index (Phi) is 7.32. The Bertz CT molecular complexity index is 1020. The van der Waals surface area contributed by atoms with Gasteiger partial charge in [-0.05, 0) is 96.2 Å². The molecular weight excluding hydrogens is 404 g/mol. The van der Waals surface area contributed by atoms with Crippen molar-refractivity contribution in [1.29, 1.82) is 0 Å². The van der Waals surface area contributed by atoms with Crippen molar-refractivity contribution in [3.63, 3.8) is 0 Å². The number of allylic oxidation sites excluding steroid dienone is 1. The van der Waals surface area contributed by atoms with Gasteiger partial charge in [0.1, 0.15) is 11.5 Å². The third-order valence-electron chi connectivity index (χ3n) is 5.84. The molecule has 0 fully saturated rings. The van der Waals surface area contributed by atoms with Crippen molar-refractivity contribution in [1.82, 2.24) is 0 Å². The van der Waals surface area contributed by atoms with Crippen LogP contribution in [0.5, 0.6) is 11.5 Å². The number of hydrogen-bond donors (Lipinski definition) is 1. The van der Waals surface area contributed by atoms with E-state index in [0.29, 0.717) is 11.6 Å². The minimum absolute atomic E-state index is 0.333. The van der Waals surface area contributed by atoms with Crippen LogP contribution in [-0.2, 0) is 6.42 Å². The number of aryl methyl sites for hydroxylation is 1. The predicted molar refractivity (Wildman–Crippen MR) is 130 cm³/mol. The first-order chi connectivity index (χ1) is 15.3. The molecule has 160 valence electrons. The van der Waals surface area contributed by atoms with Gasteiger partial charge in [-0.1, -0.05) is 48.5 Å². The summed E-state index contributed by atoms with van der Waals surface area (Å²) >= 11 is 5.74. The smallest absolute Gasteiger partial charge is 0.119 e. The number of fused-ring (bicyclic) bond motifs is 1. The molecule has 0 bridgehead atoms. The Morgan fingerprint density at radius 3 is 2.39 bits per heavy atom. The molecular formula is C28H29ClO2. The molecule has 3 heteroatoms. The van der Waals surface area contributed by atoms with Crippen LogP contribution >= 0.6 is 11.6 Å². The van der Waals surface area contributed by atoms with Crippen molar-refractivity contribution in [2.24, 2.45) is 0 Å². The van der Waals surface area contributed by atoms with Gasteiger partial charge in [0.25, 0.3) is 0 Å². The first-order valence-corrected chi connectivity index (χ1v) is 11.7. The van der Waals surface area contributed by atoms with Crippen LogP contribution in [0.15, 0.2) is 72.8 Å². The van der Waals surface area contributed by atoms with Crippen LogP contribution in [0.25, 0.3) is 11.1 Å². The minimum atomic E-state index is 0.333. The topological polar surface area (TPSA) is 29.5 Å². The van der Waals surface area contributed by atoms with Crippen LogP contribution in [-0.4, -0.2) is 17.6 Å². The maximum Gasteiger partial charge on any atom is 0.119 e. The highest BCUT2D eigenvalue weighted by Gasteiger charge is 2.20. The molecule has 0 aromatic heterocycles. The summed E-state index contributed by atoms with van der Waals surface area (Å²) in [5, 5.41) is 10.1. The van der Waals surface area contributed by atoms with Crippen molar-refractivity contribution in [2.45, 2.75) is 38.5 Å². The van der Waals surface area contributed by atoms with Crippen LogP contribution in [0, 0.1) is 0 Å². The molecule has 1 aliphatic carbocycles. The van der Waals surface area contributed by atoms with Gasteiger partial charge >= 0.3 is 0 Å². The Morgan fingerprint density at radius 2 is 1.61 bits per heavy atom. The van der Waals surface area contributed by atoms with E-state index in [0.717, 1.165) is 50.9 Å². The van der Waals surface area contributed by atoms with E-state index >= 15 is 0 Å². The van der Waals surface area contributed by atoms with Gasteiger partial charge < -0.3 is 9.84 Å². The predicted octanol–water partition coefficient (Wildman–Crippen LogP) is 7.48. The number of halogens is 1. The van der Waals surface area contributed by atoms with Gasteiger partial charge in [0.2, 0.25) is 0 Å². The number of hydrogen-bond acceptors (Lipinski definition) is 2. The molecule has 1 N–H and O–H groups in total. The van der Waals surface area contributed by atoms with Gasteiger partial charge in [-0.15, -0.1) is 11.6 Å². The first kappa shape index (κ1) is 21.5. The van der Waals surface area contributed by atoms with Gasteiger partial charge in [0.15, 0.2) is 0 Å². The number of alkyl halides is 1. The van der Waals surface area contributed by atoms with E-state index in [2.05, 4.69) is 60.7 Å². The van der Waals surface area contributed by atoms with Crippen molar-refractivity contribution < 1.29 is 9.84 Å². The van der Waals surface area contributed by atoms with E-state index in [-0.39, 0.29) is 0 Å². The molecule has 0 saturated heterocycles. The lowest BCUT2D eigenvalue weighted by atomic mass is 9.88. The summed E-state index contributed by atoms with van der Waals surface area (Å²) in [6.07, 6.45) is 6.19. The summed E-state index contributed by atoms with van der Waals surface area (Å²) in [5.41, 5.74) is 7.48. The highest BCUT2D eigenvalue weighted by atomic mass is 35.5. The second-order valence-corrected chi connectivity index (χ2v) is 8.42. The lowest BCUT2D eigenvalue weighted by Crippen LogP contribution is -1.99. The highest BCUT2D eigenvalue weighted by Crippen LogP contribution is 2.40. The Hall–Kier alpha value is -2.71. The second kappa shape index (κ2) is 10.5. The normalized spacial score (nSPS) is 13.6. The van der Waals surface area contributed by atoms with E-state index < -0.39 is 0 Å². The third-order valence-corrected chi connectivity index (χ3v) is 6.11. The number of phenolic OH excluding ortho intramolecular Hbond substituents is 1. The molecule has 0 aliphatic heterocycles. The van der Waals surface area contributed by atoms with E-state index in [1.165, 1.54) is 33.4 Å². The van der Waals surface area contributed by atoms with Gasteiger partial charge in [0, 0.05) is 5.88 Å². The third kappa shape index (κ3) is 5.32. The Morgan fingerprint density at radius 1 is 0.806 bits per heavy atom. The zero-order valence-corrected chi connectivity index (χ0v) is 18.6. The maximum atomic E-state index is 10.1. The number of aromatic hydroxyl groups is 1. The van der Waals surface area contributed by atoms with Crippen LogP contribution in [0.1, 0.15) is 54.4 Å². The van der Waals surface area contributed by atoms with Crippen LogP contribution < -0.4 is 4.74 Å². The zero-order chi connectivity index (χ0) is 21.5. The molecule has 2 nitrogen and oxygen atoms in total. The SMILES string of the molecule is Oc1ccc2c(c1)CCCC(c1ccccc1)=C2c1ccc(OCCCCCCl)cc1. The molecule has 31 heavy (non-hydrogen) atoms. The number of ether oxygens (including phenoxy) is 1. The molecule has 3 aromatic carbocycles. The summed E-state index contributed by atoms with van der Waals surface area (Å²) in [4.78, 5) is 0. The fraction of sp³-hybridized carbons (Fsp3) is 0.286. The number of benzene rings is 3. The molecule has 4 rings (SSSR count). The molecule has 0 amide bonds. The Balaban J connectivity index is 1.69. The van der Waals surface area contributed by atoms with Gasteiger partial charge in [-0.25, -0.2) is 0 Å². The number of phenols is 1. The molecule has 0 unspecified atom stereocenters. The highest BCUT2D eigenvalue weighted by molar-refractivity contribution is 6.17. The lowest BCUT2D eigenvalue weighted by Gasteiger charge is -2.17. The van der Waals surface area contributed by atoms with Crippen molar-refractivity contribution >= 4 is 22.7 Å². The molecule has 0 spiro atoms. The van der Waals surface area contributed by atoms with E-state index in [4.69, 9.17) is 16.3 Å². The number of rotatable bonds is 8. The van der Waals surface area contributed by atoms with Crippen LogP contribution in [0.3, 0.4) is 0 Å². The Labute approximate surface area is 190 Å². The number of unbranched alkanes of at least 4 members (excludes halogenated alkanes) is 2. The molecule has 3 aromatic rings. The zero-order valence-electron chi connectivity index (χ0n) is 17.8. The van der Waals surface area contributed by atoms with Crippen molar-refractivity contribution in [3.05, 3.63) is 95.1 Å². The first-order valence-electron chi connectivity index (χ1n) is 11.2. The van der Waals surface area contributed by atoms with Gasteiger partial charge in [-0.3, -0.25) is 0 Å². The fourth-order valence-electron chi connectivity index (χ4n) is 4.31. The summed E-state index contributed by atoms with van der Waals surface area (Å²) in [6, 6.07) is 24.9. The lowest BCUT2D eigenvalue weighted by molar-refractivity contribution is 0.306. The molecule has 1 aliphatic rings.